The summed E-state index contributed by atoms with van der Waals surface area (Å²) in [5, 5.41) is 3.88. The molecule has 0 saturated carbocycles. The van der Waals surface area contributed by atoms with Crippen molar-refractivity contribution in [1.82, 2.24) is 5.16 Å². The summed E-state index contributed by atoms with van der Waals surface area (Å²) < 4.78 is 5.21. The average molecular weight is 191 g/mol. The predicted molar refractivity (Wildman–Crippen MR) is 58.9 cm³/mol. The van der Waals surface area contributed by atoms with E-state index in [1.807, 2.05) is 32.1 Å². The van der Waals surface area contributed by atoms with Gasteiger partial charge in [-0.1, -0.05) is 37.2 Å². The molecule has 1 heterocycles. The first-order valence-corrected chi connectivity index (χ1v) is 4.91. The number of allylic oxidation sites excluding steroid dienone is 4. The van der Waals surface area contributed by atoms with Gasteiger partial charge in [-0.2, -0.15) is 0 Å². The minimum Gasteiger partial charge on any atom is -0.356 e. The Hall–Kier alpha value is -1.31. The molecule has 0 atom stereocenters. The SMILES string of the molecule is C/C=C\C(=C/C(C)C)c1cc(C)no1. The summed E-state index contributed by atoms with van der Waals surface area (Å²) in [6.07, 6.45) is 6.21. The molecule has 0 aliphatic carbocycles. The van der Waals surface area contributed by atoms with Gasteiger partial charge in [-0.3, -0.25) is 0 Å². The maximum Gasteiger partial charge on any atom is 0.166 e. The van der Waals surface area contributed by atoms with Crippen molar-refractivity contribution in [2.24, 2.45) is 5.92 Å². The van der Waals surface area contributed by atoms with Gasteiger partial charge in [-0.25, -0.2) is 0 Å². The van der Waals surface area contributed by atoms with Crippen LogP contribution in [0.3, 0.4) is 0 Å². The predicted octanol–water partition coefficient (Wildman–Crippen LogP) is 3.60. The van der Waals surface area contributed by atoms with Gasteiger partial charge in [-0.15, -0.1) is 0 Å². The van der Waals surface area contributed by atoms with Crippen molar-refractivity contribution in [2.45, 2.75) is 27.7 Å². The summed E-state index contributed by atoms with van der Waals surface area (Å²) >= 11 is 0. The molecule has 1 aromatic heterocycles. The molecule has 14 heavy (non-hydrogen) atoms. The van der Waals surface area contributed by atoms with Crippen LogP contribution in [0, 0.1) is 12.8 Å². The molecular weight excluding hydrogens is 174 g/mol. The molecule has 1 aromatic rings. The lowest BCUT2D eigenvalue weighted by molar-refractivity contribution is 0.406. The maximum absolute atomic E-state index is 5.21. The van der Waals surface area contributed by atoms with Gasteiger partial charge in [0.15, 0.2) is 5.76 Å². The van der Waals surface area contributed by atoms with Crippen molar-refractivity contribution >= 4 is 5.57 Å². The van der Waals surface area contributed by atoms with E-state index in [2.05, 4.69) is 25.1 Å². The third-order valence-electron chi connectivity index (χ3n) is 1.77. The van der Waals surface area contributed by atoms with Crippen molar-refractivity contribution in [3.8, 4) is 0 Å². The number of aromatic nitrogens is 1. The first kappa shape index (κ1) is 10.8. The molecule has 0 unspecified atom stereocenters. The van der Waals surface area contributed by atoms with Crippen LogP contribution in [0.25, 0.3) is 5.57 Å². The molecule has 0 N–H and O–H groups in total. The Balaban J connectivity index is 3.00. The second kappa shape index (κ2) is 4.80. The van der Waals surface area contributed by atoms with Gasteiger partial charge >= 0.3 is 0 Å². The van der Waals surface area contributed by atoms with E-state index in [0.29, 0.717) is 5.92 Å². The van der Waals surface area contributed by atoms with Gasteiger partial charge in [0.2, 0.25) is 0 Å². The molecule has 0 radical (unpaired) electrons. The van der Waals surface area contributed by atoms with Crippen LogP contribution in [-0.2, 0) is 0 Å². The average Bonchev–Trinajstić information content (AvgIpc) is 2.50. The number of hydrogen-bond donors (Lipinski definition) is 0. The molecule has 0 spiro atoms. The minimum absolute atomic E-state index is 0.506. The molecule has 0 amide bonds. The Labute approximate surface area is 85.3 Å². The summed E-state index contributed by atoms with van der Waals surface area (Å²) in [4.78, 5) is 0. The number of hydrogen-bond acceptors (Lipinski definition) is 2. The lowest BCUT2D eigenvalue weighted by Gasteiger charge is -1.99. The minimum atomic E-state index is 0.506. The van der Waals surface area contributed by atoms with Crippen molar-refractivity contribution in [3.05, 3.63) is 35.7 Å². The zero-order valence-corrected chi connectivity index (χ0v) is 9.24. The number of nitrogens with zero attached hydrogens (tertiary/aromatic N) is 1. The Morgan fingerprint density at radius 2 is 2.21 bits per heavy atom. The van der Waals surface area contributed by atoms with Gasteiger partial charge in [0.1, 0.15) is 0 Å². The summed E-state index contributed by atoms with van der Waals surface area (Å²) in [6, 6.07) is 1.95. The molecule has 76 valence electrons. The van der Waals surface area contributed by atoms with Crippen LogP contribution < -0.4 is 0 Å². The second-order valence-electron chi connectivity index (χ2n) is 3.70. The van der Waals surface area contributed by atoms with Gasteiger partial charge in [-0.05, 0) is 19.8 Å². The lowest BCUT2D eigenvalue weighted by Crippen LogP contribution is -1.83. The van der Waals surface area contributed by atoms with Crippen LogP contribution in [0.5, 0.6) is 0 Å². The van der Waals surface area contributed by atoms with E-state index in [4.69, 9.17) is 4.52 Å². The standard InChI is InChI=1S/C12H17NO/c1-5-6-11(7-9(2)3)12-8-10(4)13-14-12/h5-9H,1-4H3/b6-5-,11-7+. The summed E-state index contributed by atoms with van der Waals surface area (Å²) in [6.45, 7) is 8.21. The van der Waals surface area contributed by atoms with Crippen LogP contribution in [0.2, 0.25) is 0 Å². The Morgan fingerprint density at radius 3 is 2.64 bits per heavy atom. The molecule has 2 heteroatoms. The third kappa shape index (κ3) is 2.87. The van der Waals surface area contributed by atoms with Gasteiger partial charge in [0.05, 0.1) is 5.69 Å². The molecule has 2 nitrogen and oxygen atoms in total. The normalized spacial score (nSPS) is 13.1. The van der Waals surface area contributed by atoms with Crippen molar-refractivity contribution in [2.75, 3.05) is 0 Å². The van der Waals surface area contributed by atoms with E-state index in [9.17, 15) is 0 Å². The highest BCUT2D eigenvalue weighted by molar-refractivity contribution is 5.70. The monoisotopic (exact) mass is 191 g/mol. The Bertz CT molecular complexity index is 345. The highest BCUT2D eigenvalue weighted by Crippen LogP contribution is 2.19. The van der Waals surface area contributed by atoms with E-state index in [-0.39, 0.29) is 0 Å². The van der Waals surface area contributed by atoms with Crippen LogP contribution in [0.1, 0.15) is 32.2 Å². The molecule has 0 aliphatic rings. The van der Waals surface area contributed by atoms with Gasteiger partial charge in [0.25, 0.3) is 0 Å². The fourth-order valence-corrected chi connectivity index (χ4v) is 1.26. The van der Waals surface area contributed by atoms with E-state index in [0.717, 1.165) is 17.0 Å². The quantitative estimate of drug-likeness (QED) is 0.682. The lowest BCUT2D eigenvalue weighted by atomic mass is 10.1. The smallest absolute Gasteiger partial charge is 0.166 e. The molecular formula is C12H17NO. The van der Waals surface area contributed by atoms with Crippen LogP contribution in [0.15, 0.2) is 28.8 Å². The second-order valence-corrected chi connectivity index (χ2v) is 3.70. The number of rotatable bonds is 3. The van der Waals surface area contributed by atoms with Crippen LogP contribution >= 0.6 is 0 Å². The first-order chi connectivity index (χ1) is 6.63. The zero-order chi connectivity index (χ0) is 10.6. The largest absolute Gasteiger partial charge is 0.356 e. The number of aryl methyl sites for hydroxylation is 1. The molecule has 0 aromatic carbocycles. The van der Waals surface area contributed by atoms with E-state index in [1.165, 1.54) is 0 Å². The Kier molecular flexibility index (Phi) is 3.69. The maximum atomic E-state index is 5.21. The molecule has 1 rings (SSSR count). The molecule has 0 fully saturated rings. The zero-order valence-electron chi connectivity index (χ0n) is 9.24. The van der Waals surface area contributed by atoms with Gasteiger partial charge in [0, 0.05) is 11.6 Å². The first-order valence-electron chi connectivity index (χ1n) is 4.91. The highest BCUT2D eigenvalue weighted by atomic mass is 16.5. The fourth-order valence-electron chi connectivity index (χ4n) is 1.26. The summed E-state index contributed by atoms with van der Waals surface area (Å²) in [5.41, 5.74) is 2.02. The van der Waals surface area contributed by atoms with E-state index in [1.54, 1.807) is 0 Å². The summed E-state index contributed by atoms with van der Waals surface area (Å²) in [7, 11) is 0. The van der Waals surface area contributed by atoms with Crippen molar-refractivity contribution in [1.29, 1.82) is 0 Å². The molecule has 0 saturated heterocycles. The molecule has 0 aliphatic heterocycles. The fraction of sp³-hybridized carbons (Fsp3) is 0.417. The highest BCUT2D eigenvalue weighted by Gasteiger charge is 2.04. The molecule has 0 bridgehead atoms. The van der Waals surface area contributed by atoms with Crippen LogP contribution in [-0.4, -0.2) is 5.16 Å². The van der Waals surface area contributed by atoms with E-state index >= 15 is 0 Å². The summed E-state index contributed by atoms with van der Waals surface area (Å²) in [5.74, 6) is 1.35. The Morgan fingerprint density at radius 1 is 1.50 bits per heavy atom. The van der Waals surface area contributed by atoms with Crippen molar-refractivity contribution in [3.63, 3.8) is 0 Å². The third-order valence-corrected chi connectivity index (χ3v) is 1.77. The van der Waals surface area contributed by atoms with Crippen molar-refractivity contribution < 1.29 is 4.52 Å². The van der Waals surface area contributed by atoms with E-state index < -0.39 is 0 Å². The van der Waals surface area contributed by atoms with Crippen LogP contribution in [0.4, 0.5) is 0 Å². The topological polar surface area (TPSA) is 26.0 Å². The van der Waals surface area contributed by atoms with Gasteiger partial charge < -0.3 is 4.52 Å².